The second-order valence-corrected chi connectivity index (χ2v) is 5.62. The van der Waals surface area contributed by atoms with E-state index in [-0.39, 0.29) is 0 Å². The number of para-hydroxylation sites is 1. The summed E-state index contributed by atoms with van der Waals surface area (Å²) in [5, 5.41) is 2.17. The van der Waals surface area contributed by atoms with E-state index < -0.39 is 0 Å². The highest BCUT2D eigenvalue weighted by Gasteiger charge is 2.00. The van der Waals surface area contributed by atoms with Gasteiger partial charge in [-0.1, -0.05) is 42.5 Å². The van der Waals surface area contributed by atoms with Crippen LogP contribution in [0, 0.1) is 0 Å². The standard InChI is InChI=1S/C22H16N2O/c1-2-8-19(9-3-1)25-20-10-4-6-17(14-20)15-24-22-11-5-7-18-16-23-13-12-21(18)22/h1-16H. The van der Waals surface area contributed by atoms with Crippen LogP contribution in [0.15, 0.2) is 96.2 Å². The van der Waals surface area contributed by atoms with Crippen LogP contribution >= 0.6 is 0 Å². The maximum atomic E-state index is 5.87. The zero-order valence-corrected chi connectivity index (χ0v) is 13.5. The molecule has 0 amide bonds. The first-order valence-electron chi connectivity index (χ1n) is 8.08. The van der Waals surface area contributed by atoms with Crippen LogP contribution in [-0.4, -0.2) is 11.2 Å². The Balaban J connectivity index is 1.60. The molecule has 0 radical (unpaired) electrons. The van der Waals surface area contributed by atoms with Gasteiger partial charge in [0, 0.05) is 29.4 Å². The smallest absolute Gasteiger partial charge is 0.128 e. The number of rotatable bonds is 4. The van der Waals surface area contributed by atoms with Gasteiger partial charge >= 0.3 is 0 Å². The monoisotopic (exact) mass is 324 g/mol. The van der Waals surface area contributed by atoms with Gasteiger partial charge in [0.05, 0.1) is 5.69 Å². The SMILES string of the molecule is C(=Nc1cccc2cnccc12)c1cccc(Oc2ccccc2)c1. The average molecular weight is 324 g/mol. The minimum Gasteiger partial charge on any atom is -0.457 e. The lowest BCUT2D eigenvalue weighted by molar-refractivity contribution is 0.482. The average Bonchev–Trinajstić information content (AvgIpc) is 2.67. The number of hydrogen-bond acceptors (Lipinski definition) is 3. The molecule has 3 aromatic carbocycles. The van der Waals surface area contributed by atoms with E-state index in [1.807, 2.05) is 91.3 Å². The van der Waals surface area contributed by atoms with E-state index in [2.05, 4.69) is 9.98 Å². The van der Waals surface area contributed by atoms with Crippen LogP contribution in [0.4, 0.5) is 5.69 Å². The number of ether oxygens (including phenoxy) is 1. The fourth-order valence-corrected chi connectivity index (χ4v) is 2.65. The summed E-state index contributed by atoms with van der Waals surface area (Å²) >= 11 is 0. The molecule has 1 aromatic heterocycles. The fraction of sp³-hybridized carbons (Fsp3) is 0. The number of hydrogen-bond donors (Lipinski definition) is 0. The molecule has 3 heteroatoms. The molecule has 0 aliphatic carbocycles. The van der Waals surface area contributed by atoms with Gasteiger partial charge in [0.25, 0.3) is 0 Å². The second kappa shape index (κ2) is 6.97. The van der Waals surface area contributed by atoms with Gasteiger partial charge in [0.1, 0.15) is 11.5 Å². The fourth-order valence-electron chi connectivity index (χ4n) is 2.65. The van der Waals surface area contributed by atoms with Gasteiger partial charge in [0.15, 0.2) is 0 Å². The predicted molar refractivity (Wildman–Crippen MR) is 102 cm³/mol. The van der Waals surface area contributed by atoms with Crippen molar-refractivity contribution >= 4 is 22.7 Å². The maximum absolute atomic E-state index is 5.87. The summed E-state index contributed by atoms with van der Waals surface area (Å²) in [6, 6.07) is 25.6. The van der Waals surface area contributed by atoms with Crippen molar-refractivity contribution in [3.05, 3.63) is 96.8 Å². The van der Waals surface area contributed by atoms with E-state index in [0.717, 1.165) is 33.5 Å². The molecular formula is C22H16N2O. The molecule has 4 aromatic rings. The van der Waals surface area contributed by atoms with Gasteiger partial charge in [-0.15, -0.1) is 0 Å². The molecule has 0 spiro atoms. The van der Waals surface area contributed by atoms with Crippen molar-refractivity contribution in [1.29, 1.82) is 0 Å². The molecule has 0 N–H and O–H groups in total. The molecule has 0 saturated heterocycles. The summed E-state index contributed by atoms with van der Waals surface area (Å²) in [7, 11) is 0. The number of fused-ring (bicyclic) bond motifs is 1. The molecule has 3 nitrogen and oxygen atoms in total. The van der Waals surface area contributed by atoms with Crippen molar-refractivity contribution in [2.45, 2.75) is 0 Å². The number of benzene rings is 3. The van der Waals surface area contributed by atoms with Gasteiger partial charge in [-0.3, -0.25) is 9.98 Å². The van der Waals surface area contributed by atoms with Crippen LogP contribution in [0.25, 0.3) is 10.8 Å². The highest BCUT2D eigenvalue weighted by Crippen LogP contribution is 2.25. The quantitative estimate of drug-likeness (QED) is 0.446. The minimum absolute atomic E-state index is 0.789. The number of aromatic nitrogens is 1. The molecule has 0 aliphatic rings. The molecule has 0 aliphatic heterocycles. The highest BCUT2D eigenvalue weighted by molar-refractivity contribution is 5.94. The Labute approximate surface area is 146 Å². The first-order chi connectivity index (χ1) is 12.4. The summed E-state index contributed by atoms with van der Waals surface area (Å²) in [5.74, 6) is 1.61. The highest BCUT2D eigenvalue weighted by atomic mass is 16.5. The van der Waals surface area contributed by atoms with Crippen LogP contribution in [0.3, 0.4) is 0 Å². The Kier molecular flexibility index (Phi) is 4.21. The Morgan fingerprint density at radius 3 is 2.56 bits per heavy atom. The van der Waals surface area contributed by atoms with Crippen molar-refractivity contribution < 1.29 is 4.74 Å². The van der Waals surface area contributed by atoms with E-state index in [1.54, 1.807) is 6.20 Å². The van der Waals surface area contributed by atoms with E-state index in [9.17, 15) is 0 Å². The van der Waals surface area contributed by atoms with Gasteiger partial charge in [-0.25, -0.2) is 0 Å². The van der Waals surface area contributed by atoms with Crippen LogP contribution in [-0.2, 0) is 0 Å². The van der Waals surface area contributed by atoms with Crippen molar-refractivity contribution in [3.63, 3.8) is 0 Å². The molecular weight excluding hydrogens is 308 g/mol. The molecule has 0 fully saturated rings. The second-order valence-electron chi connectivity index (χ2n) is 5.62. The van der Waals surface area contributed by atoms with Gasteiger partial charge in [-0.2, -0.15) is 0 Å². The Bertz CT molecular complexity index is 1020. The zero-order valence-electron chi connectivity index (χ0n) is 13.5. The zero-order chi connectivity index (χ0) is 16.9. The summed E-state index contributed by atoms with van der Waals surface area (Å²) in [6.45, 7) is 0. The van der Waals surface area contributed by atoms with E-state index in [0.29, 0.717) is 0 Å². The van der Waals surface area contributed by atoms with Gasteiger partial charge in [0.2, 0.25) is 0 Å². The van der Waals surface area contributed by atoms with Gasteiger partial charge in [-0.05, 0) is 42.0 Å². The third kappa shape index (κ3) is 3.56. The topological polar surface area (TPSA) is 34.5 Å². The molecule has 0 bridgehead atoms. The van der Waals surface area contributed by atoms with Crippen molar-refractivity contribution in [2.75, 3.05) is 0 Å². The van der Waals surface area contributed by atoms with Crippen LogP contribution in [0.2, 0.25) is 0 Å². The summed E-state index contributed by atoms with van der Waals surface area (Å²) < 4.78 is 5.87. The molecule has 4 rings (SSSR count). The molecule has 120 valence electrons. The number of aliphatic imine (C=N–C) groups is 1. The first-order valence-corrected chi connectivity index (χ1v) is 8.08. The minimum atomic E-state index is 0.789. The summed E-state index contributed by atoms with van der Waals surface area (Å²) in [6.07, 6.45) is 5.49. The largest absolute Gasteiger partial charge is 0.457 e. The molecule has 0 saturated carbocycles. The summed E-state index contributed by atoms with van der Waals surface area (Å²) in [4.78, 5) is 8.80. The van der Waals surface area contributed by atoms with Crippen LogP contribution < -0.4 is 4.74 Å². The van der Waals surface area contributed by atoms with E-state index in [1.165, 1.54) is 0 Å². The normalized spacial score (nSPS) is 11.0. The van der Waals surface area contributed by atoms with Gasteiger partial charge < -0.3 is 4.74 Å². The Hall–Kier alpha value is -3.46. The number of nitrogens with zero attached hydrogens (tertiary/aromatic N) is 2. The van der Waals surface area contributed by atoms with Crippen molar-refractivity contribution in [2.24, 2.45) is 4.99 Å². The van der Waals surface area contributed by atoms with E-state index >= 15 is 0 Å². The lowest BCUT2D eigenvalue weighted by Gasteiger charge is -2.06. The van der Waals surface area contributed by atoms with Crippen LogP contribution in [0.1, 0.15) is 5.56 Å². The first kappa shape index (κ1) is 15.1. The maximum Gasteiger partial charge on any atom is 0.128 e. The number of pyridine rings is 1. The van der Waals surface area contributed by atoms with E-state index in [4.69, 9.17) is 4.74 Å². The van der Waals surface area contributed by atoms with Crippen LogP contribution in [0.5, 0.6) is 11.5 Å². The molecule has 25 heavy (non-hydrogen) atoms. The third-order valence-electron chi connectivity index (χ3n) is 3.85. The molecule has 1 heterocycles. The van der Waals surface area contributed by atoms with Crippen molar-refractivity contribution in [1.82, 2.24) is 4.98 Å². The lowest BCUT2D eigenvalue weighted by atomic mass is 10.1. The summed E-state index contributed by atoms with van der Waals surface area (Å²) in [5.41, 5.74) is 1.91. The molecule has 0 unspecified atom stereocenters. The molecule has 0 atom stereocenters. The Morgan fingerprint density at radius 1 is 0.800 bits per heavy atom. The van der Waals surface area contributed by atoms with Crippen molar-refractivity contribution in [3.8, 4) is 11.5 Å². The predicted octanol–water partition coefficient (Wildman–Crippen LogP) is 5.78. The lowest BCUT2D eigenvalue weighted by Crippen LogP contribution is -1.86. The third-order valence-corrected chi connectivity index (χ3v) is 3.85. The Morgan fingerprint density at radius 2 is 1.64 bits per heavy atom.